The van der Waals surface area contributed by atoms with E-state index in [1.165, 1.54) is 12.4 Å². The molecule has 28 heavy (non-hydrogen) atoms. The molecule has 1 saturated heterocycles. The van der Waals surface area contributed by atoms with Gasteiger partial charge in [-0.3, -0.25) is 0 Å². The van der Waals surface area contributed by atoms with E-state index in [1.54, 1.807) is 10.6 Å². The van der Waals surface area contributed by atoms with Gasteiger partial charge in [0, 0.05) is 30.4 Å². The molecule has 4 rings (SSSR count). The SMILES string of the molecule is N/C=C\C(=C/N)c1c(-c2ccccc2)nc(N)n2nc(CC3CCCO3)nc12. The predicted octanol–water partition coefficient (Wildman–Crippen LogP) is 1.87. The first-order chi connectivity index (χ1) is 13.7. The third-order valence-corrected chi connectivity index (χ3v) is 4.78. The second-order valence-electron chi connectivity index (χ2n) is 6.64. The highest BCUT2D eigenvalue weighted by Crippen LogP contribution is 2.32. The molecular formula is C20H23N7O. The Balaban J connectivity index is 1.93. The van der Waals surface area contributed by atoms with E-state index in [4.69, 9.17) is 26.9 Å². The smallest absolute Gasteiger partial charge is 0.223 e. The number of hydrogen-bond acceptors (Lipinski definition) is 7. The number of rotatable bonds is 5. The highest BCUT2D eigenvalue weighted by Gasteiger charge is 2.23. The zero-order valence-corrected chi connectivity index (χ0v) is 15.5. The van der Waals surface area contributed by atoms with Crippen LogP contribution in [0.5, 0.6) is 0 Å². The van der Waals surface area contributed by atoms with Crippen molar-refractivity contribution >= 4 is 17.2 Å². The standard InChI is InChI=1S/C20H23N7O/c21-9-8-14(12-22)17-18(13-5-2-1-3-6-13)25-20(23)27-19(17)24-16(26-27)11-15-7-4-10-28-15/h1-3,5-6,8-9,12,15H,4,7,10-11,21-22H2,(H2,23,25)/b9-8-,14-12+. The van der Waals surface area contributed by atoms with Crippen molar-refractivity contribution in [1.82, 2.24) is 19.6 Å². The molecule has 3 heterocycles. The van der Waals surface area contributed by atoms with Crippen molar-refractivity contribution in [1.29, 1.82) is 0 Å². The summed E-state index contributed by atoms with van der Waals surface area (Å²) in [6, 6.07) is 9.76. The largest absolute Gasteiger partial charge is 0.405 e. The van der Waals surface area contributed by atoms with Crippen LogP contribution in [0, 0.1) is 0 Å². The van der Waals surface area contributed by atoms with Gasteiger partial charge in [0.25, 0.3) is 0 Å². The Bertz CT molecular complexity index is 1030. The molecule has 1 aliphatic heterocycles. The number of allylic oxidation sites excluding steroid dienone is 2. The van der Waals surface area contributed by atoms with Crippen molar-refractivity contribution in [3.63, 3.8) is 0 Å². The molecule has 144 valence electrons. The van der Waals surface area contributed by atoms with Gasteiger partial charge >= 0.3 is 0 Å². The van der Waals surface area contributed by atoms with Gasteiger partial charge in [0.15, 0.2) is 11.5 Å². The van der Waals surface area contributed by atoms with E-state index in [-0.39, 0.29) is 12.1 Å². The molecule has 8 nitrogen and oxygen atoms in total. The lowest BCUT2D eigenvalue weighted by Gasteiger charge is -2.12. The summed E-state index contributed by atoms with van der Waals surface area (Å²) >= 11 is 0. The Morgan fingerprint density at radius 2 is 2.04 bits per heavy atom. The molecule has 0 saturated carbocycles. The quantitative estimate of drug-likeness (QED) is 0.579. The van der Waals surface area contributed by atoms with Gasteiger partial charge in [0.05, 0.1) is 17.4 Å². The normalized spacial score (nSPS) is 17.7. The Hall–Kier alpha value is -3.39. The van der Waals surface area contributed by atoms with E-state index >= 15 is 0 Å². The van der Waals surface area contributed by atoms with Crippen LogP contribution >= 0.6 is 0 Å². The topological polar surface area (TPSA) is 130 Å². The lowest BCUT2D eigenvalue weighted by atomic mass is 10.0. The summed E-state index contributed by atoms with van der Waals surface area (Å²) in [5.41, 5.74) is 21.4. The second kappa shape index (κ2) is 7.69. The lowest BCUT2D eigenvalue weighted by Crippen LogP contribution is -2.10. The van der Waals surface area contributed by atoms with Gasteiger partial charge in [-0.1, -0.05) is 30.3 Å². The van der Waals surface area contributed by atoms with E-state index in [2.05, 4.69) is 10.1 Å². The van der Waals surface area contributed by atoms with Crippen molar-refractivity contribution < 1.29 is 4.74 Å². The van der Waals surface area contributed by atoms with Crippen LogP contribution < -0.4 is 17.2 Å². The van der Waals surface area contributed by atoms with Crippen LogP contribution in [0.4, 0.5) is 5.95 Å². The molecule has 1 aromatic carbocycles. The fourth-order valence-corrected chi connectivity index (χ4v) is 3.49. The first kappa shape index (κ1) is 18.0. The second-order valence-corrected chi connectivity index (χ2v) is 6.64. The van der Waals surface area contributed by atoms with Crippen molar-refractivity contribution in [2.24, 2.45) is 11.5 Å². The summed E-state index contributed by atoms with van der Waals surface area (Å²) in [6.45, 7) is 0.784. The lowest BCUT2D eigenvalue weighted by molar-refractivity contribution is 0.110. The molecule has 0 bridgehead atoms. The van der Waals surface area contributed by atoms with Crippen LogP contribution in [0.25, 0.3) is 22.5 Å². The average molecular weight is 377 g/mol. The van der Waals surface area contributed by atoms with E-state index < -0.39 is 0 Å². The summed E-state index contributed by atoms with van der Waals surface area (Å²) < 4.78 is 7.27. The average Bonchev–Trinajstić information content (AvgIpc) is 3.37. The van der Waals surface area contributed by atoms with Gasteiger partial charge in [-0.25, -0.2) is 9.97 Å². The highest BCUT2D eigenvalue weighted by molar-refractivity contribution is 5.90. The number of hydrogen-bond donors (Lipinski definition) is 3. The van der Waals surface area contributed by atoms with Crippen molar-refractivity contribution in [3.8, 4) is 11.3 Å². The Labute approximate surface area is 162 Å². The molecule has 1 fully saturated rings. The minimum absolute atomic E-state index is 0.136. The van der Waals surface area contributed by atoms with Crippen LogP contribution in [0.2, 0.25) is 0 Å². The van der Waals surface area contributed by atoms with Crippen LogP contribution in [-0.2, 0) is 11.2 Å². The van der Waals surface area contributed by atoms with Crippen LogP contribution in [0.1, 0.15) is 24.2 Å². The molecule has 1 aliphatic rings. The summed E-state index contributed by atoms with van der Waals surface area (Å²) in [5.74, 6) is 0.928. The summed E-state index contributed by atoms with van der Waals surface area (Å²) in [4.78, 5) is 9.36. The Kier molecular flexibility index (Phi) is 4.94. The van der Waals surface area contributed by atoms with Gasteiger partial charge < -0.3 is 21.9 Å². The maximum atomic E-state index is 6.22. The number of nitrogen functional groups attached to an aromatic ring is 1. The molecule has 0 aliphatic carbocycles. The molecule has 2 aromatic heterocycles. The number of aromatic nitrogens is 4. The molecule has 3 aromatic rings. The van der Waals surface area contributed by atoms with E-state index in [9.17, 15) is 0 Å². The zero-order chi connectivity index (χ0) is 19.5. The van der Waals surface area contributed by atoms with E-state index in [0.717, 1.165) is 30.6 Å². The Morgan fingerprint density at radius 3 is 2.71 bits per heavy atom. The monoisotopic (exact) mass is 377 g/mol. The minimum Gasteiger partial charge on any atom is -0.405 e. The first-order valence-corrected chi connectivity index (χ1v) is 9.24. The number of nitrogens with two attached hydrogens (primary N) is 3. The first-order valence-electron chi connectivity index (χ1n) is 9.24. The number of nitrogens with zero attached hydrogens (tertiary/aromatic N) is 4. The fraction of sp³-hybridized carbons (Fsp3) is 0.250. The van der Waals surface area contributed by atoms with Crippen molar-refractivity contribution in [3.05, 3.63) is 60.2 Å². The van der Waals surface area contributed by atoms with E-state index in [1.807, 2.05) is 30.3 Å². The van der Waals surface area contributed by atoms with Gasteiger partial charge in [0.1, 0.15) is 0 Å². The summed E-state index contributed by atoms with van der Waals surface area (Å²) in [6.07, 6.45) is 7.48. The minimum atomic E-state index is 0.136. The van der Waals surface area contributed by atoms with Gasteiger partial charge in [-0.05, 0) is 25.1 Å². The molecule has 0 radical (unpaired) electrons. The molecule has 1 unspecified atom stereocenters. The van der Waals surface area contributed by atoms with Gasteiger partial charge in [0.2, 0.25) is 5.95 Å². The zero-order valence-electron chi connectivity index (χ0n) is 15.5. The third-order valence-electron chi connectivity index (χ3n) is 4.78. The number of anilines is 1. The van der Waals surface area contributed by atoms with Crippen LogP contribution in [-0.4, -0.2) is 32.3 Å². The molecule has 1 atom stereocenters. The number of fused-ring (bicyclic) bond motifs is 1. The molecule has 6 N–H and O–H groups in total. The predicted molar refractivity (Wildman–Crippen MR) is 109 cm³/mol. The van der Waals surface area contributed by atoms with Crippen LogP contribution in [0.3, 0.4) is 0 Å². The molecule has 8 heteroatoms. The van der Waals surface area contributed by atoms with Crippen molar-refractivity contribution in [2.45, 2.75) is 25.4 Å². The maximum absolute atomic E-state index is 6.22. The molecular weight excluding hydrogens is 354 g/mol. The summed E-state index contributed by atoms with van der Waals surface area (Å²) in [5, 5.41) is 4.56. The van der Waals surface area contributed by atoms with Gasteiger partial charge in [-0.2, -0.15) is 4.52 Å². The maximum Gasteiger partial charge on any atom is 0.223 e. The van der Waals surface area contributed by atoms with Crippen molar-refractivity contribution in [2.75, 3.05) is 12.3 Å². The Morgan fingerprint density at radius 1 is 1.21 bits per heavy atom. The molecule has 0 amide bonds. The number of ether oxygens (including phenoxy) is 1. The number of benzene rings is 1. The third kappa shape index (κ3) is 3.29. The fourth-order valence-electron chi connectivity index (χ4n) is 3.49. The molecule has 0 spiro atoms. The summed E-state index contributed by atoms with van der Waals surface area (Å²) in [7, 11) is 0. The van der Waals surface area contributed by atoms with Crippen LogP contribution in [0.15, 0.2) is 48.8 Å². The van der Waals surface area contributed by atoms with Gasteiger partial charge in [-0.15, -0.1) is 5.10 Å². The highest BCUT2D eigenvalue weighted by atomic mass is 16.5. The van der Waals surface area contributed by atoms with E-state index in [0.29, 0.717) is 29.2 Å².